The lowest BCUT2D eigenvalue weighted by Gasteiger charge is -2.27. The number of nitrogens with one attached hydrogen (secondary N) is 1. The van der Waals surface area contributed by atoms with E-state index in [4.69, 9.17) is 4.74 Å². The summed E-state index contributed by atoms with van der Waals surface area (Å²) in [6.45, 7) is 3.11. The molecular formula is C25H33F4N3O4S. The van der Waals surface area contributed by atoms with Crippen LogP contribution in [0.1, 0.15) is 61.4 Å². The molecule has 1 aliphatic rings. The average molecular weight is 548 g/mol. The van der Waals surface area contributed by atoms with E-state index in [2.05, 4.69) is 10.3 Å². The molecule has 1 fully saturated rings. The van der Waals surface area contributed by atoms with E-state index in [-0.39, 0.29) is 47.8 Å². The molecule has 1 amide bonds. The van der Waals surface area contributed by atoms with Crippen molar-refractivity contribution in [1.82, 2.24) is 14.9 Å². The number of carbonyl (C=O) groups is 1. The number of methoxy groups -OCH3 is 1. The number of hydrogen-bond donors (Lipinski definition) is 1. The van der Waals surface area contributed by atoms with Crippen molar-refractivity contribution in [2.24, 2.45) is 11.8 Å². The fourth-order valence-electron chi connectivity index (χ4n) is 4.66. The third-order valence-corrected chi connectivity index (χ3v) is 8.64. The molecule has 1 saturated carbocycles. The molecular weight excluding hydrogens is 514 g/mol. The summed E-state index contributed by atoms with van der Waals surface area (Å²) in [5, 5.41) is 2.35. The zero-order valence-electron chi connectivity index (χ0n) is 21.4. The van der Waals surface area contributed by atoms with Gasteiger partial charge in [0, 0.05) is 19.2 Å². The van der Waals surface area contributed by atoms with Gasteiger partial charge in [0.2, 0.25) is 5.95 Å². The molecule has 0 bridgehead atoms. The highest BCUT2D eigenvalue weighted by molar-refractivity contribution is 7.91. The molecule has 0 aliphatic heterocycles. The van der Waals surface area contributed by atoms with E-state index in [1.807, 2.05) is 0 Å². The smallest absolute Gasteiger partial charge is 0.391 e. The van der Waals surface area contributed by atoms with Gasteiger partial charge in [0.25, 0.3) is 5.91 Å². The first-order valence-corrected chi connectivity index (χ1v) is 14.2. The molecule has 2 aromatic rings. The minimum absolute atomic E-state index is 0.0875. The number of aromatic nitrogens is 2. The largest absolute Gasteiger partial charge is 0.495 e. The number of rotatable bonds is 9. The number of sulfone groups is 1. The van der Waals surface area contributed by atoms with Crippen LogP contribution in [-0.4, -0.2) is 55.2 Å². The topological polar surface area (TPSA) is 90.3 Å². The number of benzene rings is 1. The summed E-state index contributed by atoms with van der Waals surface area (Å²) in [6, 6.07) is 4.37. The van der Waals surface area contributed by atoms with Crippen molar-refractivity contribution in [2.75, 3.05) is 19.9 Å². The maximum absolute atomic E-state index is 15.5. The van der Waals surface area contributed by atoms with Crippen LogP contribution in [0.5, 0.6) is 5.75 Å². The predicted octanol–water partition coefficient (Wildman–Crippen LogP) is 4.66. The van der Waals surface area contributed by atoms with Gasteiger partial charge in [-0.05, 0) is 55.7 Å². The first-order chi connectivity index (χ1) is 17.3. The summed E-state index contributed by atoms with van der Waals surface area (Å²) in [6.07, 6.45) is -0.734. The number of aryl methyl sites for hydroxylation is 1. The minimum Gasteiger partial charge on any atom is -0.495 e. The quantitative estimate of drug-likeness (QED) is 0.462. The van der Waals surface area contributed by atoms with Gasteiger partial charge in [0.05, 0.1) is 24.0 Å². The van der Waals surface area contributed by atoms with Crippen LogP contribution in [0.2, 0.25) is 0 Å². The van der Waals surface area contributed by atoms with Crippen molar-refractivity contribution in [3.8, 4) is 11.4 Å². The SMILES string of the molecule is CCc1nc(C(=O)NC[C@H]2CC[C@H](S(C)(=O)=O)CC2)c(F)n1-c1ccc(CC(C)C(F)(F)F)cc1OC. The van der Waals surface area contributed by atoms with E-state index in [1.165, 1.54) is 31.6 Å². The molecule has 1 atom stereocenters. The van der Waals surface area contributed by atoms with Crippen LogP contribution < -0.4 is 10.1 Å². The zero-order chi connectivity index (χ0) is 27.5. The second kappa shape index (κ2) is 11.4. The van der Waals surface area contributed by atoms with Gasteiger partial charge < -0.3 is 10.1 Å². The Labute approximate surface area is 214 Å². The molecule has 12 heteroatoms. The monoisotopic (exact) mass is 547 g/mol. The Balaban J connectivity index is 1.78. The summed E-state index contributed by atoms with van der Waals surface area (Å²) >= 11 is 0. The van der Waals surface area contributed by atoms with Crippen molar-refractivity contribution in [2.45, 2.75) is 63.8 Å². The van der Waals surface area contributed by atoms with Gasteiger partial charge in [-0.25, -0.2) is 13.4 Å². The van der Waals surface area contributed by atoms with Crippen LogP contribution in [-0.2, 0) is 22.7 Å². The average Bonchev–Trinajstić information content (AvgIpc) is 3.17. The third kappa shape index (κ3) is 6.82. The van der Waals surface area contributed by atoms with E-state index in [1.54, 1.807) is 6.92 Å². The number of ether oxygens (including phenoxy) is 1. The number of amides is 1. The summed E-state index contributed by atoms with van der Waals surface area (Å²) in [5.41, 5.74) is 0.219. The fourth-order valence-corrected chi connectivity index (χ4v) is 5.79. The first kappa shape index (κ1) is 28.9. The van der Waals surface area contributed by atoms with Gasteiger partial charge in [-0.15, -0.1) is 0 Å². The Hall–Kier alpha value is -2.63. The number of nitrogens with zero attached hydrogens (tertiary/aromatic N) is 2. The standard InChI is InChI=1S/C25H33F4N3O4S/c1-5-21-31-22(24(33)30-14-16-6-9-18(10-7-16)37(4,34)35)23(26)32(21)19-11-8-17(13-20(19)36-3)12-15(2)25(27,28)29/h8,11,13,15-16,18H,5-7,9-10,12,14H2,1-4H3,(H,30,33)/t15?,16-,18-. The Morgan fingerprint density at radius 1 is 1.24 bits per heavy atom. The number of carbonyl (C=O) groups excluding carboxylic acids is 1. The summed E-state index contributed by atoms with van der Waals surface area (Å²) in [5.74, 6) is -2.64. The van der Waals surface area contributed by atoms with Crippen LogP contribution >= 0.6 is 0 Å². The van der Waals surface area contributed by atoms with Crippen LogP contribution in [0.4, 0.5) is 17.6 Å². The van der Waals surface area contributed by atoms with Crippen molar-refractivity contribution in [3.63, 3.8) is 0 Å². The normalized spacial score (nSPS) is 19.5. The maximum atomic E-state index is 15.5. The molecule has 1 N–H and O–H groups in total. The number of alkyl halides is 3. The fraction of sp³-hybridized carbons (Fsp3) is 0.600. The molecule has 1 unspecified atom stereocenters. The van der Waals surface area contributed by atoms with E-state index in [0.29, 0.717) is 31.2 Å². The van der Waals surface area contributed by atoms with Crippen molar-refractivity contribution >= 4 is 15.7 Å². The number of hydrogen-bond acceptors (Lipinski definition) is 5. The summed E-state index contributed by atoms with van der Waals surface area (Å²) in [4.78, 5) is 17.0. The van der Waals surface area contributed by atoms with Crippen LogP contribution in [0.15, 0.2) is 18.2 Å². The van der Waals surface area contributed by atoms with E-state index >= 15 is 4.39 Å². The molecule has 3 rings (SSSR count). The molecule has 1 heterocycles. The first-order valence-electron chi connectivity index (χ1n) is 12.2. The van der Waals surface area contributed by atoms with Gasteiger partial charge >= 0.3 is 6.18 Å². The Morgan fingerprint density at radius 3 is 2.43 bits per heavy atom. The second-order valence-corrected chi connectivity index (χ2v) is 12.0. The number of halogens is 4. The molecule has 7 nitrogen and oxygen atoms in total. The van der Waals surface area contributed by atoms with Gasteiger partial charge in [0.15, 0.2) is 5.69 Å². The molecule has 206 valence electrons. The van der Waals surface area contributed by atoms with Gasteiger partial charge in [-0.3, -0.25) is 9.36 Å². The van der Waals surface area contributed by atoms with Crippen molar-refractivity contribution in [3.05, 3.63) is 41.2 Å². The molecule has 37 heavy (non-hydrogen) atoms. The molecule has 0 spiro atoms. The van der Waals surface area contributed by atoms with Gasteiger partial charge in [0.1, 0.15) is 21.4 Å². The summed E-state index contributed by atoms with van der Waals surface area (Å²) < 4.78 is 84.4. The summed E-state index contributed by atoms with van der Waals surface area (Å²) in [7, 11) is -1.76. The van der Waals surface area contributed by atoms with E-state index < -0.39 is 39.5 Å². The highest BCUT2D eigenvalue weighted by Crippen LogP contribution is 2.33. The van der Waals surface area contributed by atoms with Crippen molar-refractivity contribution in [1.29, 1.82) is 0 Å². The highest BCUT2D eigenvalue weighted by atomic mass is 32.2. The van der Waals surface area contributed by atoms with Crippen LogP contribution in [0.25, 0.3) is 5.69 Å². The highest BCUT2D eigenvalue weighted by Gasteiger charge is 2.36. The minimum atomic E-state index is -4.34. The maximum Gasteiger partial charge on any atom is 0.391 e. The zero-order valence-corrected chi connectivity index (χ0v) is 22.2. The number of imidazole rings is 1. The van der Waals surface area contributed by atoms with Gasteiger partial charge in [-0.1, -0.05) is 19.9 Å². The van der Waals surface area contributed by atoms with Gasteiger partial charge in [-0.2, -0.15) is 17.6 Å². The molecule has 0 radical (unpaired) electrons. The molecule has 0 saturated heterocycles. The predicted molar refractivity (Wildman–Crippen MR) is 131 cm³/mol. The van der Waals surface area contributed by atoms with Crippen molar-refractivity contribution < 1.29 is 35.5 Å². The van der Waals surface area contributed by atoms with Crippen LogP contribution in [0.3, 0.4) is 0 Å². The molecule has 1 aromatic heterocycles. The van der Waals surface area contributed by atoms with E-state index in [9.17, 15) is 26.4 Å². The Kier molecular flexibility index (Phi) is 8.92. The third-order valence-electron chi connectivity index (χ3n) is 6.96. The Bertz CT molecular complexity index is 1220. The lowest BCUT2D eigenvalue weighted by Crippen LogP contribution is -2.34. The molecule has 1 aliphatic carbocycles. The Morgan fingerprint density at radius 2 is 1.89 bits per heavy atom. The van der Waals surface area contributed by atoms with E-state index in [0.717, 1.165) is 11.5 Å². The lowest BCUT2D eigenvalue weighted by molar-refractivity contribution is -0.169. The lowest BCUT2D eigenvalue weighted by atomic mass is 9.89. The second-order valence-electron chi connectivity index (χ2n) is 9.69. The molecule has 1 aromatic carbocycles. The van der Waals surface area contributed by atoms with Crippen LogP contribution in [0, 0.1) is 17.8 Å².